The molecule has 3 aromatic heterocycles. The highest BCUT2D eigenvalue weighted by atomic mass is 32.2. The topological polar surface area (TPSA) is 156 Å². The molecular formula is C31H39N7O5S. The second-order valence-corrected chi connectivity index (χ2v) is 13.8. The first-order valence-corrected chi connectivity index (χ1v) is 17.0. The van der Waals surface area contributed by atoms with Crippen LogP contribution >= 0.6 is 0 Å². The minimum Gasteiger partial charge on any atom is -0.382 e. The van der Waals surface area contributed by atoms with E-state index in [0.717, 1.165) is 23.9 Å². The van der Waals surface area contributed by atoms with Crippen LogP contribution in [0.3, 0.4) is 0 Å². The molecule has 3 heterocycles. The summed E-state index contributed by atoms with van der Waals surface area (Å²) in [4.78, 5) is 18.4. The first-order valence-electron chi connectivity index (χ1n) is 15.1. The minimum atomic E-state index is -3.76. The third-order valence-corrected chi connectivity index (χ3v) is 9.90. The number of ether oxygens (including phenoxy) is 2. The van der Waals surface area contributed by atoms with Gasteiger partial charge in [0.1, 0.15) is 16.3 Å². The zero-order chi connectivity index (χ0) is 30.9. The Morgan fingerprint density at radius 3 is 2.52 bits per heavy atom. The Kier molecular flexibility index (Phi) is 8.44. The van der Waals surface area contributed by atoms with Crippen LogP contribution in [0.25, 0.3) is 22.5 Å². The van der Waals surface area contributed by atoms with Gasteiger partial charge in [-0.05, 0) is 50.2 Å². The zero-order valence-corrected chi connectivity index (χ0v) is 25.9. The van der Waals surface area contributed by atoms with Gasteiger partial charge in [-0.3, -0.25) is 4.79 Å². The summed E-state index contributed by atoms with van der Waals surface area (Å²) >= 11 is 0. The number of nitrogens with zero attached hydrogens (tertiary/aromatic N) is 5. The van der Waals surface area contributed by atoms with Gasteiger partial charge in [0.2, 0.25) is 0 Å². The summed E-state index contributed by atoms with van der Waals surface area (Å²) < 4.78 is 40.7. The van der Waals surface area contributed by atoms with E-state index in [9.17, 15) is 13.2 Å². The van der Waals surface area contributed by atoms with Crippen LogP contribution in [0.4, 0.5) is 5.82 Å². The number of sulfone groups is 1. The summed E-state index contributed by atoms with van der Waals surface area (Å²) in [6, 6.07) is 9.72. The lowest BCUT2D eigenvalue weighted by Gasteiger charge is -2.39. The number of amides is 1. The van der Waals surface area contributed by atoms with Crippen molar-refractivity contribution >= 4 is 27.2 Å². The van der Waals surface area contributed by atoms with Crippen molar-refractivity contribution in [2.24, 2.45) is 5.92 Å². The van der Waals surface area contributed by atoms with Gasteiger partial charge in [-0.25, -0.2) is 18.1 Å². The number of hydrogen-bond acceptors (Lipinski definition) is 9. The number of benzene rings is 1. The van der Waals surface area contributed by atoms with Crippen molar-refractivity contribution in [2.45, 2.75) is 61.4 Å². The first-order chi connectivity index (χ1) is 21.2. The molecule has 4 aromatic rings. The summed E-state index contributed by atoms with van der Waals surface area (Å²) in [6.45, 7) is 1.29. The number of rotatable bonds is 12. The third-order valence-electron chi connectivity index (χ3n) is 8.74. The van der Waals surface area contributed by atoms with Crippen LogP contribution < -0.4 is 11.1 Å². The molecule has 0 atom stereocenters. The van der Waals surface area contributed by atoms with Crippen molar-refractivity contribution in [2.75, 3.05) is 38.9 Å². The van der Waals surface area contributed by atoms with Gasteiger partial charge in [-0.2, -0.15) is 14.7 Å². The zero-order valence-electron chi connectivity index (χ0n) is 25.1. The van der Waals surface area contributed by atoms with E-state index in [0.29, 0.717) is 68.3 Å². The summed E-state index contributed by atoms with van der Waals surface area (Å²) in [5, 5.41) is 12.0. The highest BCUT2D eigenvalue weighted by Gasteiger charge is 2.44. The lowest BCUT2D eigenvalue weighted by atomic mass is 9.76. The average molecular weight is 622 g/mol. The molecule has 1 aromatic carbocycles. The van der Waals surface area contributed by atoms with E-state index in [-0.39, 0.29) is 22.5 Å². The number of fused-ring (bicyclic) bond motifs is 1. The number of nitrogens with one attached hydrogen (secondary N) is 1. The van der Waals surface area contributed by atoms with Crippen LogP contribution in [0, 0.1) is 5.92 Å². The SMILES string of the molecule is COCCOC1(C(=O)NCCC2CC2)CCC(c2nc3c(-c4cnn(-c5ccccc5)c4)cnn3c(N)c2S(C)(=O)=O)CC1. The number of hydrogen-bond donors (Lipinski definition) is 2. The molecule has 0 unspecified atom stereocenters. The fraction of sp³-hybridized carbons (Fsp3) is 0.484. The summed E-state index contributed by atoms with van der Waals surface area (Å²) in [5.41, 5.74) is 8.72. The lowest BCUT2D eigenvalue weighted by Crippen LogP contribution is -2.51. The Morgan fingerprint density at radius 2 is 1.84 bits per heavy atom. The Labute approximate surface area is 256 Å². The number of nitrogen functional groups attached to an aromatic ring is 1. The molecule has 12 nitrogen and oxygen atoms in total. The van der Waals surface area contributed by atoms with Gasteiger partial charge in [-0.15, -0.1) is 0 Å². The monoisotopic (exact) mass is 621 g/mol. The molecule has 2 aliphatic rings. The van der Waals surface area contributed by atoms with Gasteiger partial charge in [0, 0.05) is 43.2 Å². The molecule has 3 N–H and O–H groups in total. The molecule has 234 valence electrons. The number of aromatic nitrogens is 5. The van der Waals surface area contributed by atoms with E-state index in [2.05, 4.69) is 15.5 Å². The van der Waals surface area contributed by atoms with E-state index in [4.69, 9.17) is 20.2 Å². The van der Waals surface area contributed by atoms with Gasteiger partial charge in [0.25, 0.3) is 5.91 Å². The smallest absolute Gasteiger partial charge is 0.252 e. The highest BCUT2D eigenvalue weighted by Crippen LogP contribution is 2.43. The normalized spacial score (nSPS) is 20.6. The van der Waals surface area contributed by atoms with Crippen molar-refractivity contribution < 1.29 is 22.7 Å². The molecule has 0 radical (unpaired) electrons. The number of carbonyl (C=O) groups excluding carboxylic acids is 1. The van der Waals surface area contributed by atoms with E-state index in [1.54, 1.807) is 24.2 Å². The molecule has 0 saturated heterocycles. The van der Waals surface area contributed by atoms with Crippen molar-refractivity contribution in [1.82, 2.24) is 29.7 Å². The summed E-state index contributed by atoms with van der Waals surface area (Å²) in [7, 11) is -2.16. The van der Waals surface area contributed by atoms with Crippen LogP contribution in [0.1, 0.15) is 56.6 Å². The molecule has 13 heteroatoms. The molecule has 2 aliphatic carbocycles. The lowest BCUT2D eigenvalue weighted by molar-refractivity contribution is -0.154. The largest absolute Gasteiger partial charge is 0.382 e. The first kappa shape index (κ1) is 30.2. The molecular weight excluding hydrogens is 582 g/mol. The number of para-hydroxylation sites is 1. The van der Waals surface area contributed by atoms with Crippen LogP contribution in [0.5, 0.6) is 0 Å². The molecule has 44 heavy (non-hydrogen) atoms. The molecule has 0 spiro atoms. The molecule has 2 saturated carbocycles. The highest BCUT2D eigenvalue weighted by molar-refractivity contribution is 7.91. The Morgan fingerprint density at radius 1 is 1.09 bits per heavy atom. The third kappa shape index (κ3) is 6.08. The van der Waals surface area contributed by atoms with Gasteiger partial charge < -0.3 is 20.5 Å². The van der Waals surface area contributed by atoms with Crippen LogP contribution in [-0.2, 0) is 24.1 Å². The maximum atomic E-state index is 13.5. The molecule has 0 bridgehead atoms. The van der Waals surface area contributed by atoms with Gasteiger partial charge in [-0.1, -0.05) is 31.0 Å². The van der Waals surface area contributed by atoms with Gasteiger partial charge in [0.05, 0.1) is 37.0 Å². The van der Waals surface area contributed by atoms with Crippen LogP contribution in [-0.4, -0.2) is 77.4 Å². The minimum absolute atomic E-state index is 0.0141. The quantitative estimate of drug-likeness (QED) is 0.226. The van der Waals surface area contributed by atoms with Gasteiger partial charge >= 0.3 is 0 Å². The number of nitrogens with two attached hydrogens (primary N) is 1. The van der Waals surface area contributed by atoms with E-state index >= 15 is 0 Å². The molecule has 0 aliphatic heterocycles. The second-order valence-electron chi connectivity index (χ2n) is 11.9. The van der Waals surface area contributed by atoms with Crippen molar-refractivity contribution in [3.05, 3.63) is 54.6 Å². The molecule has 2 fully saturated rings. The standard InChI is InChI=1S/C31H39N7O5S/c1-42-16-17-43-31(30(39)33-15-12-21-8-9-21)13-10-22(11-14-31)26-27(44(2,40)41)28(32)38-29(36-26)25(19-35-38)23-18-34-37(20-23)24-6-4-3-5-7-24/h3-7,18-22H,8-17,32H2,1-2H3,(H,33,39). The second kappa shape index (κ2) is 12.3. The molecule has 6 rings (SSSR count). The van der Waals surface area contributed by atoms with Crippen LogP contribution in [0.2, 0.25) is 0 Å². The number of carbonyl (C=O) groups is 1. The van der Waals surface area contributed by atoms with Crippen molar-refractivity contribution in [3.63, 3.8) is 0 Å². The Bertz CT molecular complexity index is 1740. The van der Waals surface area contributed by atoms with Crippen LogP contribution in [0.15, 0.2) is 53.8 Å². The van der Waals surface area contributed by atoms with Gasteiger partial charge in [0.15, 0.2) is 15.5 Å². The van der Waals surface area contributed by atoms with E-state index in [1.165, 1.54) is 17.4 Å². The van der Waals surface area contributed by atoms with Crippen molar-refractivity contribution in [3.8, 4) is 16.8 Å². The predicted molar refractivity (Wildman–Crippen MR) is 165 cm³/mol. The van der Waals surface area contributed by atoms with Crippen molar-refractivity contribution in [1.29, 1.82) is 0 Å². The summed E-state index contributed by atoms with van der Waals surface area (Å²) in [6.07, 6.45) is 11.6. The number of anilines is 1. The fourth-order valence-electron chi connectivity index (χ4n) is 6.13. The maximum absolute atomic E-state index is 13.5. The Balaban J connectivity index is 1.32. The summed E-state index contributed by atoms with van der Waals surface area (Å²) in [5.74, 6) is 0.353. The molecule has 1 amide bonds. The average Bonchev–Trinajstić information content (AvgIpc) is 3.52. The van der Waals surface area contributed by atoms with E-state index < -0.39 is 15.4 Å². The fourth-order valence-corrected chi connectivity index (χ4v) is 7.19. The Hall–Kier alpha value is -3.81. The predicted octanol–water partition coefficient (Wildman–Crippen LogP) is 3.54. The van der Waals surface area contributed by atoms with E-state index in [1.807, 2.05) is 36.5 Å². The maximum Gasteiger partial charge on any atom is 0.252 e. The number of methoxy groups -OCH3 is 1.